The Kier molecular flexibility index (Phi) is 9.87. The lowest BCUT2D eigenvalue weighted by atomic mass is 9.89. The fourth-order valence-electron chi connectivity index (χ4n) is 4.44. The molecule has 0 aliphatic carbocycles. The molecule has 2 N–H and O–H groups in total. The molecule has 2 aliphatic heterocycles. The summed E-state index contributed by atoms with van der Waals surface area (Å²) in [5.41, 5.74) is 1.25. The standard InChI is InChI=1S/C24H32ClN5O.HI/c1-2-26-24(29-20-12-14-30(17-20)23-21(25)11-6-13-27-23)28-16-19-10-7-15-31-22(19)18-8-4-3-5-9-18;/h3-6,8-9,11,13,19-20,22H,2,7,10,12,14-17H2,1H3,(H2,26,28,29);1H. The van der Waals surface area contributed by atoms with Crippen LogP contribution in [-0.4, -0.2) is 49.8 Å². The van der Waals surface area contributed by atoms with Gasteiger partial charge in [-0.2, -0.15) is 0 Å². The number of ether oxygens (including phenoxy) is 1. The average Bonchev–Trinajstić information content (AvgIpc) is 3.27. The maximum absolute atomic E-state index is 6.33. The van der Waals surface area contributed by atoms with Gasteiger partial charge in [0.25, 0.3) is 0 Å². The second-order valence-electron chi connectivity index (χ2n) is 8.21. The number of hydrogen-bond acceptors (Lipinski definition) is 4. The predicted octanol–water partition coefficient (Wildman–Crippen LogP) is 4.65. The van der Waals surface area contributed by atoms with Crippen molar-refractivity contribution in [2.45, 2.75) is 38.3 Å². The minimum atomic E-state index is 0. The van der Waals surface area contributed by atoms with Gasteiger partial charge < -0.3 is 20.3 Å². The molecule has 3 atom stereocenters. The first-order chi connectivity index (χ1) is 15.2. The van der Waals surface area contributed by atoms with E-state index >= 15 is 0 Å². The molecule has 1 aromatic carbocycles. The summed E-state index contributed by atoms with van der Waals surface area (Å²) in [5.74, 6) is 2.12. The van der Waals surface area contributed by atoms with Gasteiger partial charge in [0.05, 0.1) is 11.1 Å². The van der Waals surface area contributed by atoms with Gasteiger partial charge in [0.1, 0.15) is 5.82 Å². The van der Waals surface area contributed by atoms with Crippen LogP contribution >= 0.6 is 35.6 Å². The molecule has 0 saturated carbocycles. The number of halogens is 2. The van der Waals surface area contributed by atoms with Crippen molar-refractivity contribution in [2.24, 2.45) is 10.9 Å². The monoisotopic (exact) mass is 569 g/mol. The Morgan fingerprint density at radius 3 is 2.84 bits per heavy atom. The molecule has 8 heteroatoms. The highest BCUT2D eigenvalue weighted by atomic mass is 127. The van der Waals surface area contributed by atoms with Crippen LogP contribution in [0.4, 0.5) is 5.82 Å². The average molecular weight is 570 g/mol. The molecule has 0 radical (unpaired) electrons. The first kappa shape index (κ1) is 25.1. The number of aliphatic imine (C=N–C) groups is 1. The highest BCUT2D eigenvalue weighted by molar-refractivity contribution is 14.0. The number of guanidine groups is 1. The van der Waals surface area contributed by atoms with Crippen molar-refractivity contribution >= 4 is 47.4 Å². The van der Waals surface area contributed by atoms with Crippen molar-refractivity contribution < 1.29 is 4.74 Å². The second kappa shape index (κ2) is 12.6. The lowest BCUT2D eigenvalue weighted by Gasteiger charge is -2.31. The molecule has 2 aliphatic rings. The first-order valence-electron chi connectivity index (χ1n) is 11.3. The molecule has 3 heterocycles. The lowest BCUT2D eigenvalue weighted by Crippen LogP contribution is -2.45. The van der Waals surface area contributed by atoms with Crippen molar-refractivity contribution in [1.82, 2.24) is 15.6 Å². The molecule has 4 rings (SSSR count). The highest BCUT2D eigenvalue weighted by Gasteiger charge is 2.28. The summed E-state index contributed by atoms with van der Waals surface area (Å²) in [6, 6.07) is 14.6. The molecular weight excluding hydrogens is 537 g/mol. The number of rotatable bonds is 6. The van der Waals surface area contributed by atoms with Crippen LogP contribution in [0, 0.1) is 5.92 Å². The summed E-state index contributed by atoms with van der Waals surface area (Å²) in [6.07, 6.45) is 5.17. The van der Waals surface area contributed by atoms with E-state index in [0.717, 1.165) is 63.8 Å². The molecular formula is C24H33ClIN5O. The third-order valence-electron chi connectivity index (χ3n) is 5.97. The first-order valence-corrected chi connectivity index (χ1v) is 11.7. The zero-order chi connectivity index (χ0) is 21.5. The Labute approximate surface area is 213 Å². The topological polar surface area (TPSA) is 61.8 Å². The van der Waals surface area contributed by atoms with Gasteiger partial charge in [-0.05, 0) is 43.9 Å². The summed E-state index contributed by atoms with van der Waals surface area (Å²) in [7, 11) is 0. The van der Waals surface area contributed by atoms with E-state index < -0.39 is 0 Å². The maximum Gasteiger partial charge on any atom is 0.191 e. The van der Waals surface area contributed by atoms with E-state index in [2.05, 4.69) is 57.8 Å². The zero-order valence-electron chi connectivity index (χ0n) is 18.5. The van der Waals surface area contributed by atoms with Crippen LogP contribution in [0.2, 0.25) is 5.02 Å². The summed E-state index contributed by atoms with van der Waals surface area (Å²) >= 11 is 6.33. The third-order valence-corrected chi connectivity index (χ3v) is 6.26. The zero-order valence-corrected chi connectivity index (χ0v) is 21.6. The molecule has 0 amide bonds. The van der Waals surface area contributed by atoms with E-state index in [1.165, 1.54) is 5.56 Å². The Hall–Kier alpha value is -1.58. The number of hydrogen-bond donors (Lipinski definition) is 2. The van der Waals surface area contributed by atoms with Crippen LogP contribution in [0.1, 0.15) is 37.9 Å². The Bertz CT molecular complexity index is 868. The van der Waals surface area contributed by atoms with Crippen LogP contribution in [0.25, 0.3) is 0 Å². The van der Waals surface area contributed by atoms with Gasteiger partial charge >= 0.3 is 0 Å². The van der Waals surface area contributed by atoms with Crippen molar-refractivity contribution in [3.63, 3.8) is 0 Å². The minimum Gasteiger partial charge on any atom is -0.373 e. The molecule has 6 nitrogen and oxygen atoms in total. The van der Waals surface area contributed by atoms with Gasteiger partial charge in [-0.1, -0.05) is 41.9 Å². The van der Waals surface area contributed by atoms with E-state index in [0.29, 0.717) is 17.0 Å². The number of aromatic nitrogens is 1. The number of pyridine rings is 1. The van der Waals surface area contributed by atoms with Crippen LogP contribution in [0.15, 0.2) is 53.7 Å². The molecule has 2 fully saturated rings. The van der Waals surface area contributed by atoms with Crippen molar-refractivity contribution in [2.75, 3.05) is 37.7 Å². The SMILES string of the molecule is CCNC(=NCC1CCCOC1c1ccccc1)NC1CCN(c2ncccc2Cl)C1.I. The van der Waals surface area contributed by atoms with Crippen molar-refractivity contribution in [3.05, 3.63) is 59.2 Å². The van der Waals surface area contributed by atoms with Crippen LogP contribution in [0.5, 0.6) is 0 Å². The van der Waals surface area contributed by atoms with Gasteiger partial charge in [0.2, 0.25) is 0 Å². The van der Waals surface area contributed by atoms with E-state index in [1.54, 1.807) is 6.20 Å². The minimum absolute atomic E-state index is 0. The highest BCUT2D eigenvalue weighted by Crippen LogP contribution is 2.33. The molecule has 1 aromatic heterocycles. The summed E-state index contributed by atoms with van der Waals surface area (Å²) in [4.78, 5) is 11.6. The number of benzene rings is 1. The number of nitrogens with zero attached hydrogens (tertiary/aromatic N) is 3. The Balaban J connectivity index is 0.00000289. The fourth-order valence-corrected chi connectivity index (χ4v) is 4.68. The number of anilines is 1. The normalized spacial score (nSPS) is 23.5. The second-order valence-corrected chi connectivity index (χ2v) is 8.62. The summed E-state index contributed by atoms with van der Waals surface area (Å²) in [6.45, 7) is 6.30. The van der Waals surface area contributed by atoms with Gasteiger partial charge in [-0.25, -0.2) is 4.98 Å². The fraction of sp³-hybridized carbons (Fsp3) is 0.500. The molecule has 174 valence electrons. The predicted molar refractivity (Wildman–Crippen MR) is 142 cm³/mol. The third kappa shape index (κ3) is 6.48. The summed E-state index contributed by atoms with van der Waals surface area (Å²) < 4.78 is 6.14. The molecule has 0 bridgehead atoms. The van der Waals surface area contributed by atoms with Gasteiger partial charge in [0, 0.05) is 50.9 Å². The lowest BCUT2D eigenvalue weighted by molar-refractivity contribution is -0.0250. The number of nitrogens with one attached hydrogen (secondary N) is 2. The van der Waals surface area contributed by atoms with E-state index in [9.17, 15) is 0 Å². The van der Waals surface area contributed by atoms with Gasteiger partial charge in [-0.3, -0.25) is 4.99 Å². The van der Waals surface area contributed by atoms with Gasteiger partial charge in [-0.15, -0.1) is 24.0 Å². The maximum atomic E-state index is 6.33. The van der Waals surface area contributed by atoms with Crippen LogP contribution in [0.3, 0.4) is 0 Å². The Morgan fingerprint density at radius 1 is 1.22 bits per heavy atom. The van der Waals surface area contributed by atoms with E-state index in [4.69, 9.17) is 21.3 Å². The summed E-state index contributed by atoms with van der Waals surface area (Å²) in [5, 5.41) is 7.73. The van der Waals surface area contributed by atoms with E-state index in [1.807, 2.05) is 12.1 Å². The molecule has 2 saturated heterocycles. The quantitative estimate of drug-likeness (QED) is 0.301. The van der Waals surface area contributed by atoms with Crippen molar-refractivity contribution in [3.8, 4) is 0 Å². The largest absolute Gasteiger partial charge is 0.373 e. The molecule has 32 heavy (non-hydrogen) atoms. The van der Waals surface area contributed by atoms with Crippen LogP contribution < -0.4 is 15.5 Å². The van der Waals surface area contributed by atoms with E-state index in [-0.39, 0.29) is 30.1 Å². The van der Waals surface area contributed by atoms with Crippen molar-refractivity contribution in [1.29, 1.82) is 0 Å². The van der Waals surface area contributed by atoms with Crippen LogP contribution in [-0.2, 0) is 4.74 Å². The van der Waals surface area contributed by atoms with Gasteiger partial charge in [0.15, 0.2) is 5.96 Å². The Morgan fingerprint density at radius 2 is 2.06 bits per heavy atom. The molecule has 3 unspecified atom stereocenters. The molecule has 0 spiro atoms. The smallest absolute Gasteiger partial charge is 0.191 e. The molecule has 2 aromatic rings.